The molecular formula is C13H11Br3ClNS. The smallest absolute Gasteiger partial charge is 0.0761 e. The van der Waals surface area contributed by atoms with Crippen LogP contribution in [-0.2, 0) is 0 Å². The van der Waals surface area contributed by atoms with Gasteiger partial charge in [0.05, 0.1) is 13.6 Å². The van der Waals surface area contributed by atoms with E-state index in [0.717, 1.165) is 29.2 Å². The molecule has 0 saturated heterocycles. The Morgan fingerprint density at radius 3 is 2.53 bits per heavy atom. The second-order valence-corrected chi connectivity index (χ2v) is 8.98. The van der Waals surface area contributed by atoms with Gasteiger partial charge < -0.3 is 5.32 Å². The summed E-state index contributed by atoms with van der Waals surface area (Å²) >= 11 is 18.6. The van der Waals surface area contributed by atoms with Crippen molar-refractivity contribution in [3.8, 4) is 0 Å². The van der Waals surface area contributed by atoms with E-state index in [-0.39, 0.29) is 6.04 Å². The fourth-order valence-electron chi connectivity index (χ4n) is 1.88. The molecule has 1 aromatic carbocycles. The minimum absolute atomic E-state index is 0.106. The number of nitrogens with one attached hydrogen (secondary N) is 1. The molecule has 1 N–H and O–H groups in total. The van der Waals surface area contributed by atoms with E-state index in [1.165, 1.54) is 5.56 Å². The predicted molar refractivity (Wildman–Crippen MR) is 94.4 cm³/mol. The van der Waals surface area contributed by atoms with Gasteiger partial charge in [0.1, 0.15) is 0 Å². The van der Waals surface area contributed by atoms with Gasteiger partial charge in [0, 0.05) is 9.50 Å². The molecule has 0 bridgehead atoms. The third kappa shape index (κ3) is 3.83. The molecule has 1 aromatic heterocycles. The predicted octanol–water partition coefficient (Wildman–Crippen LogP) is 6.39. The van der Waals surface area contributed by atoms with E-state index in [0.29, 0.717) is 0 Å². The maximum Gasteiger partial charge on any atom is 0.0761 e. The van der Waals surface area contributed by atoms with Gasteiger partial charge in [0.15, 0.2) is 0 Å². The molecule has 0 aliphatic rings. The number of rotatable bonds is 4. The van der Waals surface area contributed by atoms with Gasteiger partial charge in [-0.15, -0.1) is 11.3 Å². The summed E-state index contributed by atoms with van der Waals surface area (Å²) in [4.78, 5) is 0. The lowest BCUT2D eigenvalue weighted by Crippen LogP contribution is -2.22. The van der Waals surface area contributed by atoms with E-state index in [4.69, 9.17) is 11.6 Å². The molecular weight excluding hydrogens is 477 g/mol. The first-order valence-corrected chi connectivity index (χ1v) is 9.23. The van der Waals surface area contributed by atoms with E-state index in [2.05, 4.69) is 66.1 Å². The van der Waals surface area contributed by atoms with Crippen molar-refractivity contribution in [2.75, 3.05) is 6.54 Å². The third-order valence-electron chi connectivity index (χ3n) is 2.67. The molecule has 102 valence electrons. The molecule has 0 spiro atoms. The summed E-state index contributed by atoms with van der Waals surface area (Å²) in [6.45, 7) is 2.98. The van der Waals surface area contributed by atoms with E-state index < -0.39 is 0 Å². The van der Waals surface area contributed by atoms with Crippen molar-refractivity contribution in [3.05, 3.63) is 52.5 Å². The van der Waals surface area contributed by atoms with Gasteiger partial charge in [-0.2, -0.15) is 0 Å². The first-order chi connectivity index (χ1) is 9.02. The van der Waals surface area contributed by atoms with Crippen molar-refractivity contribution in [3.63, 3.8) is 0 Å². The van der Waals surface area contributed by atoms with Crippen LogP contribution in [-0.4, -0.2) is 6.54 Å². The molecule has 2 aromatic rings. The summed E-state index contributed by atoms with van der Waals surface area (Å²) < 4.78 is 3.28. The number of thiophene rings is 1. The van der Waals surface area contributed by atoms with Crippen LogP contribution in [0.3, 0.4) is 0 Å². The van der Waals surface area contributed by atoms with E-state index in [9.17, 15) is 0 Å². The van der Waals surface area contributed by atoms with E-state index >= 15 is 0 Å². The molecule has 1 unspecified atom stereocenters. The standard InChI is InChI=1S/C13H11Br3ClNS/c1-2-18-12(9-6-11(15)19-13(9)16)8-5-7(17)3-4-10(8)14/h3-6,12,18H,2H2,1H3. The molecule has 0 aliphatic carbocycles. The number of hydrogen-bond donors (Lipinski definition) is 1. The van der Waals surface area contributed by atoms with Gasteiger partial charge in [-0.1, -0.05) is 34.5 Å². The first-order valence-electron chi connectivity index (χ1n) is 5.66. The van der Waals surface area contributed by atoms with Gasteiger partial charge in [0.2, 0.25) is 0 Å². The molecule has 0 saturated carbocycles. The van der Waals surface area contributed by atoms with Crippen LogP contribution in [0.4, 0.5) is 0 Å². The summed E-state index contributed by atoms with van der Waals surface area (Å²) in [5.74, 6) is 0. The highest BCUT2D eigenvalue weighted by molar-refractivity contribution is 9.12. The zero-order chi connectivity index (χ0) is 14.0. The monoisotopic (exact) mass is 485 g/mol. The minimum Gasteiger partial charge on any atom is -0.306 e. The third-order valence-corrected chi connectivity index (χ3v) is 6.01. The van der Waals surface area contributed by atoms with Crippen molar-refractivity contribution in [2.45, 2.75) is 13.0 Å². The van der Waals surface area contributed by atoms with Crippen molar-refractivity contribution in [2.24, 2.45) is 0 Å². The highest BCUT2D eigenvalue weighted by Gasteiger charge is 2.20. The lowest BCUT2D eigenvalue weighted by atomic mass is 10.0. The Hall–Kier alpha value is 0.610. The van der Waals surface area contributed by atoms with E-state index in [1.54, 1.807) is 11.3 Å². The second-order valence-electron chi connectivity index (χ2n) is 3.94. The van der Waals surface area contributed by atoms with Crippen LogP contribution in [0.5, 0.6) is 0 Å². The Morgan fingerprint density at radius 2 is 1.95 bits per heavy atom. The Bertz CT molecular complexity index is 585. The van der Waals surface area contributed by atoms with Gasteiger partial charge in [0.25, 0.3) is 0 Å². The molecule has 19 heavy (non-hydrogen) atoms. The zero-order valence-corrected chi connectivity index (χ0v) is 16.3. The summed E-state index contributed by atoms with van der Waals surface area (Å²) in [5.41, 5.74) is 2.35. The van der Waals surface area contributed by atoms with Crippen LogP contribution in [0.25, 0.3) is 0 Å². The topological polar surface area (TPSA) is 12.0 Å². The molecule has 1 heterocycles. The van der Waals surface area contributed by atoms with Gasteiger partial charge in [-0.25, -0.2) is 0 Å². The van der Waals surface area contributed by atoms with Crippen LogP contribution < -0.4 is 5.32 Å². The largest absolute Gasteiger partial charge is 0.306 e. The lowest BCUT2D eigenvalue weighted by Gasteiger charge is -2.20. The molecule has 0 aliphatic heterocycles. The zero-order valence-electron chi connectivity index (χ0n) is 10.0. The van der Waals surface area contributed by atoms with Crippen molar-refractivity contribution in [1.82, 2.24) is 5.32 Å². The normalized spacial score (nSPS) is 12.7. The van der Waals surface area contributed by atoms with Gasteiger partial charge >= 0.3 is 0 Å². The number of halogens is 4. The fraction of sp³-hybridized carbons (Fsp3) is 0.231. The molecule has 1 atom stereocenters. The average Bonchev–Trinajstić information content (AvgIpc) is 2.69. The average molecular weight is 488 g/mol. The summed E-state index contributed by atoms with van der Waals surface area (Å²) in [6, 6.07) is 8.11. The number of benzene rings is 1. The highest BCUT2D eigenvalue weighted by Crippen LogP contribution is 2.40. The second kappa shape index (κ2) is 7.05. The summed E-state index contributed by atoms with van der Waals surface area (Å²) in [6.07, 6.45) is 0. The van der Waals surface area contributed by atoms with Crippen LogP contribution in [0.1, 0.15) is 24.1 Å². The Kier molecular flexibility index (Phi) is 5.93. The van der Waals surface area contributed by atoms with Crippen molar-refractivity contribution < 1.29 is 0 Å². The van der Waals surface area contributed by atoms with Crippen LogP contribution in [0.15, 0.2) is 36.3 Å². The maximum absolute atomic E-state index is 6.13. The SMILES string of the molecule is CCNC(c1cc(Cl)ccc1Br)c1cc(Br)sc1Br. The molecule has 1 nitrogen and oxygen atoms in total. The maximum atomic E-state index is 6.13. The van der Waals surface area contributed by atoms with Crippen LogP contribution in [0.2, 0.25) is 5.02 Å². The van der Waals surface area contributed by atoms with Crippen LogP contribution >= 0.6 is 70.7 Å². The molecule has 0 amide bonds. The fourth-order valence-corrected chi connectivity index (χ4v) is 5.44. The molecule has 0 fully saturated rings. The summed E-state index contributed by atoms with van der Waals surface area (Å²) in [7, 11) is 0. The quantitative estimate of drug-likeness (QED) is 0.526. The van der Waals surface area contributed by atoms with E-state index in [1.807, 2.05) is 18.2 Å². The van der Waals surface area contributed by atoms with Gasteiger partial charge in [-0.05, 0) is 73.8 Å². The Balaban J connectivity index is 2.51. The Labute approximate surface area is 147 Å². The van der Waals surface area contributed by atoms with Crippen LogP contribution in [0, 0.1) is 0 Å². The molecule has 2 rings (SSSR count). The highest BCUT2D eigenvalue weighted by atomic mass is 79.9. The Morgan fingerprint density at radius 1 is 1.21 bits per heavy atom. The molecule has 6 heteroatoms. The van der Waals surface area contributed by atoms with Crippen molar-refractivity contribution >= 4 is 70.7 Å². The van der Waals surface area contributed by atoms with Gasteiger partial charge in [-0.3, -0.25) is 0 Å². The lowest BCUT2D eigenvalue weighted by molar-refractivity contribution is 0.628. The first kappa shape index (κ1) is 16.0. The molecule has 0 radical (unpaired) electrons. The minimum atomic E-state index is 0.106. The summed E-state index contributed by atoms with van der Waals surface area (Å²) in [5, 5.41) is 4.25. The van der Waals surface area contributed by atoms with Crippen molar-refractivity contribution in [1.29, 1.82) is 0 Å². The number of hydrogen-bond acceptors (Lipinski definition) is 2.